The van der Waals surface area contributed by atoms with Crippen molar-refractivity contribution in [3.8, 4) is 0 Å². The second-order valence-corrected chi connectivity index (χ2v) is 9.67. The Balaban J connectivity index is 2.59. The van der Waals surface area contributed by atoms with Gasteiger partial charge in [0.25, 0.3) is 0 Å². The normalized spacial score (nSPS) is 12.7. The molecule has 0 saturated heterocycles. The Kier molecular flexibility index (Phi) is 5.80. The second kappa shape index (κ2) is 7.16. The van der Waals surface area contributed by atoms with E-state index in [1.165, 1.54) is 36.4 Å². The van der Waals surface area contributed by atoms with Gasteiger partial charge in [-0.05, 0) is 0 Å². The molecule has 0 spiro atoms. The Morgan fingerprint density at radius 2 is 1.04 bits per heavy atom. The molecule has 0 aliphatic carbocycles. The zero-order valence-corrected chi connectivity index (χ0v) is 17.2. The zero-order valence-electron chi connectivity index (χ0n) is 11.9. The molecule has 0 unspecified atom stereocenters. The molecule has 0 aromatic heterocycles. The van der Waals surface area contributed by atoms with Crippen LogP contribution in [-0.2, 0) is 20.2 Å². The number of hydrogen-bond donors (Lipinski definition) is 2. The fourth-order valence-electron chi connectivity index (χ4n) is 1.95. The molecule has 2 N–H and O–H groups in total. The van der Waals surface area contributed by atoms with Crippen molar-refractivity contribution < 1.29 is 25.9 Å². The first-order valence-electron chi connectivity index (χ1n) is 6.27. The van der Waals surface area contributed by atoms with Crippen LogP contribution >= 0.6 is 0 Å². The summed E-state index contributed by atoms with van der Waals surface area (Å²) in [7, 11) is -8.87. The van der Waals surface area contributed by atoms with Crippen LogP contribution in [0.15, 0.2) is 46.2 Å². The Bertz CT molecular complexity index is 944. The quantitative estimate of drug-likeness (QED) is 0.355. The van der Waals surface area contributed by atoms with E-state index < -0.39 is 20.2 Å². The third-order valence-electron chi connectivity index (χ3n) is 2.99. The number of hydrogen-bond acceptors (Lipinski definition) is 4. The predicted octanol–water partition coefficient (Wildman–Crippen LogP) is -0.0620. The summed E-state index contributed by atoms with van der Waals surface area (Å²) in [6, 6.07) is 8.78. The second-order valence-electron chi connectivity index (χ2n) is 4.73. The Morgan fingerprint density at radius 3 is 1.33 bits per heavy atom. The van der Waals surface area contributed by atoms with Gasteiger partial charge in [0, 0.05) is 0 Å². The van der Waals surface area contributed by atoms with Crippen LogP contribution in [0.25, 0.3) is 12.2 Å². The molecular weight excluding hydrogens is 478 g/mol. The van der Waals surface area contributed by atoms with E-state index in [0.717, 1.165) is 0 Å². The predicted molar refractivity (Wildman–Crippen MR) is 92.2 cm³/mol. The summed E-state index contributed by atoms with van der Waals surface area (Å²) in [5, 5.41) is 0. The van der Waals surface area contributed by atoms with Crippen molar-refractivity contribution in [1.29, 1.82) is 0 Å². The van der Waals surface area contributed by atoms with Gasteiger partial charge in [0.2, 0.25) is 0 Å². The van der Waals surface area contributed by atoms with Gasteiger partial charge in [0.05, 0.1) is 0 Å². The van der Waals surface area contributed by atoms with Gasteiger partial charge in [0.15, 0.2) is 0 Å². The van der Waals surface area contributed by atoms with E-state index in [-0.39, 0.29) is 20.9 Å². The Hall–Kier alpha value is -0.883. The monoisotopic (exact) mass is 488 g/mol. The van der Waals surface area contributed by atoms with Gasteiger partial charge in [-0.25, -0.2) is 0 Å². The fraction of sp³-hybridized carbons (Fsp3) is 0. The molecule has 6 nitrogen and oxygen atoms in total. The van der Waals surface area contributed by atoms with Gasteiger partial charge >= 0.3 is 158 Å². The molecule has 24 heavy (non-hydrogen) atoms. The molecule has 0 bridgehead atoms. The zero-order chi connectivity index (χ0) is 18.1. The summed E-state index contributed by atoms with van der Waals surface area (Å²) in [4.78, 5) is -0.594. The third-order valence-corrected chi connectivity index (χ3v) is 5.98. The molecular formula is C14H10As2O6S2. The van der Waals surface area contributed by atoms with Crippen LogP contribution in [0, 0.1) is 0 Å². The van der Waals surface area contributed by atoms with Crippen LogP contribution in [0.3, 0.4) is 0 Å². The molecule has 2 aromatic rings. The van der Waals surface area contributed by atoms with Crippen LogP contribution in [0.4, 0.5) is 0 Å². The van der Waals surface area contributed by atoms with E-state index in [1.807, 2.05) is 0 Å². The number of benzene rings is 2. The number of rotatable bonds is 4. The topological polar surface area (TPSA) is 109 Å². The van der Waals surface area contributed by atoms with Crippen molar-refractivity contribution in [1.82, 2.24) is 0 Å². The van der Waals surface area contributed by atoms with Crippen LogP contribution < -0.4 is 8.70 Å². The minimum atomic E-state index is -4.44. The molecule has 0 aliphatic heterocycles. The molecule has 124 valence electrons. The van der Waals surface area contributed by atoms with Gasteiger partial charge in [0.1, 0.15) is 0 Å². The fourth-order valence-corrected chi connectivity index (χ4v) is 4.60. The summed E-state index contributed by atoms with van der Waals surface area (Å²) < 4.78 is 65.6. The van der Waals surface area contributed by atoms with Gasteiger partial charge in [-0.2, -0.15) is 0 Å². The Morgan fingerprint density at radius 1 is 0.708 bits per heavy atom. The van der Waals surface area contributed by atoms with E-state index in [4.69, 9.17) is 0 Å². The molecule has 0 atom stereocenters. The maximum absolute atomic E-state index is 11.5. The van der Waals surface area contributed by atoms with E-state index in [1.54, 1.807) is 12.1 Å². The molecule has 2 rings (SSSR count). The first-order valence-corrected chi connectivity index (χ1v) is 11.0. The van der Waals surface area contributed by atoms with Gasteiger partial charge in [-0.3, -0.25) is 0 Å². The Labute approximate surface area is 157 Å². The van der Waals surface area contributed by atoms with Crippen LogP contribution in [-0.4, -0.2) is 59.6 Å². The van der Waals surface area contributed by atoms with Crippen molar-refractivity contribution >= 4 is 74.8 Å². The molecule has 0 saturated carbocycles. The van der Waals surface area contributed by atoms with Gasteiger partial charge in [-0.1, -0.05) is 0 Å². The molecule has 4 radical (unpaired) electrons. The molecule has 2 aromatic carbocycles. The SMILES string of the molecule is O=S(=O)(O)c1cc([As])ccc1C=Cc1ccc([As])cc1S(=O)(=O)O. The van der Waals surface area contributed by atoms with Crippen LogP contribution in [0.5, 0.6) is 0 Å². The summed E-state index contributed by atoms with van der Waals surface area (Å²) in [6.07, 6.45) is 2.70. The summed E-state index contributed by atoms with van der Waals surface area (Å²) in [5.74, 6) is 0. The van der Waals surface area contributed by atoms with Crippen molar-refractivity contribution in [3.05, 3.63) is 47.5 Å². The van der Waals surface area contributed by atoms with Crippen LogP contribution in [0.1, 0.15) is 11.1 Å². The first kappa shape index (κ1) is 19.4. The average molecular weight is 488 g/mol. The average Bonchev–Trinajstić information content (AvgIpc) is 2.45. The summed E-state index contributed by atoms with van der Waals surface area (Å²) in [5.41, 5.74) is 0.370. The van der Waals surface area contributed by atoms with Crippen molar-refractivity contribution in [3.63, 3.8) is 0 Å². The van der Waals surface area contributed by atoms with Crippen molar-refractivity contribution in [2.24, 2.45) is 0 Å². The molecule has 0 fully saturated rings. The molecule has 0 heterocycles. The summed E-state index contributed by atoms with van der Waals surface area (Å²) >= 11 is 4.31. The molecule has 0 aliphatic rings. The van der Waals surface area contributed by atoms with E-state index in [9.17, 15) is 25.9 Å². The van der Waals surface area contributed by atoms with E-state index >= 15 is 0 Å². The van der Waals surface area contributed by atoms with Gasteiger partial charge in [-0.15, -0.1) is 0 Å². The van der Waals surface area contributed by atoms with E-state index in [2.05, 4.69) is 33.7 Å². The third kappa shape index (κ3) is 4.82. The standard InChI is InChI=1S/C14H10As2O6S2/c15-11-5-3-9(13(7-11)23(17,18)19)1-2-10-4-6-12(16)8-14(10)24(20,21)22/h1-8H,(H,17,18,19)(H,20,21,22). The van der Waals surface area contributed by atoms with Crippen LogP contribution in [0.2, 0.25) is 0 Å². The van der Waals surface area contributed by atoms with Crippen molar-refractivity contribution in [2.75, 3.05) is 0 Å². The molecule has 0 amide bonds. The maximum atomic E-state index is 11.5. The van der Waals surface area contributed by atoms with Gasteiger partial charge < -0.3 is 0 Å². The van der Waals surface area contributed by atoms with Crippen molar-refractivity contribution in [2.45, 2.75) is 9.79 Å². The van der Waals surface area contributed by atoms with E-state index in [0.29, 0.717) is 8.70 Å². The summed E-state index contributed by atoms with van der Waals surface area (Å²) in [6.45, 7) is 0. The first-order chi connectivity index (χ1) is 11.0. The minimum absolute atomic E-state index is 0.185. The molecule has 10 heteroatoms.